The topological polar surface area (TPSA) is 47.6 Å². The molecule has 0 radical (unpaired) electrons. The summed E-state index contributed by atoms with van der Waals surface area (Å²) in [6.45, 7) is 18.4. The smallest absolute Gasteiger partial charge is 0.412 e. The highest BCUT2D eigenvalue weighted by molar-refractivity contribution is 6.74. The van der Waals surface area contributed by atoms with Crippen molar-refractivity contribution in [2.45, 2.75) is 72.2 Å². The van der Waals surface area contributed by atoms with Crippen LogP contribution in [0.5, 0.6) is 5.75 Å². The number of nitrogens with one attached hydrogen (secondary N) is 1. The van der Waals surface area contributed by atoms with Gasteiger partial charge in [-0.25, -0.2) is 4.79 Å². The van der Waals surface area contributed by atoms with E-state index in [1.165, 1.54) is 0 Å². The fourth-order valence-electron chi connectivity index (χ4n) is 1.72. The van der Waals surface area contributed by atoms with Crippen molar-refractivity contribution in [3.8, 4) is 5.75 Å². The SMILES string of the molecule is Cc1cccc(O[Si](C)(C)C(C)(C)C)c1NC(=O)OC(C)(C)C. The van der Waals surface area contributed by atoms with E-state index in [2.05, 4.69) is 39.2 Å². The molecule has 0 saturated heterocycles. The number of rotatable bonds is 3. The van der Waals surface area contributed by atoms with E-state index in [4.69, 9.17) is 9.16 Å². The number of amides is 1. The minimum absolute atomic E-state index is 0.0833. The minimum Gasteiger partial charge on any atom is -0.542 e. The van der Waals surface area contributed by atoms with Gasteiger partial charge in [-0.3, -0.25) is 5.32 Å². The zero-order valence-corrected chi connectivity index (χ0v) is 17.0. The first-order valence-corrected chi connectivity index (χ1v) is 10.9. The van der Waals surface area contributed by atoms with Crippen molar-refractivity contribution in [1.82, 2.24) is 0 Å². The van der Waals surface area contributed by atoms with Gasteiger partial charge in [0.05, 0.1) is 5.69 Å². The van der Waals surface area contributed by atoms with E-state index in [1.54, 1.807) is 0 Å². The molecule has 4 nitrogen and oxygen atoms in total. The lowest BCUT2D eigenvalue weighted by molar-refractivity contribution is 0.0635. The van der Waals surface area contributed by atoms with Crippen LogP contribution in [0.3, 0.4) is 0 Å². The van der Waals surface area contributed by atoms with Crippen LogP contribution in [0.25, 0.3) is 0 Å². The molecule has 1 aromatic rings. The first-order chi connectivity index (χ1) is 10.2. The summed E-state index contributed by atoms with van der Waals surface area (Å²) in [5.41, 5.74) is 1.10. The number of carbonyl (C=O) groups excluding carboxylic acids is 1. The number of ether oxygens (including phenoxy) is 1. The Kier molecular flexibility index (Phi) is 5.57. The number of hydrogen-bond donors (Lipinski definition) is 1. The van der Waals surface area contributed by atoms with Gasteiger partial charge in [-0.2, -0.15) is 0 Å². The maximum absolute atomic E-state index is 12.1. The van der Waals surface area contributed by atoms with Gasteiger partial charge in [0.2, 0.25) is 0 Å². The van der Waals surface area contributed by atoms with E-state index in [1.807, 2.05) is 45.9 Å². The number of hydrogen-bond acceptors (Lipinski definition) is 3. The molecule has 5 heteroatoms. The highest BCUT2D eigenvalue weighted by Gasteiger charge is 2.39. The van der Waals surface area contributed by atoms with Crippen LogP contribution >= 0.6 is 0 Å². The summed E-state index contributed by atoms with van der Waals surface area (Å²) in [5, 5.41) is 2.93. The van der Waals surface area contributed by atoms with Crippen molar-refractivity contribution >= 4 is 20.1 Å². The molecule has 1 rings (SSSR count). The first kappa shape index (κ1) is 19.6. The second-order valence-electron chi connectivity index (χ2n) is 8.44. The van der Waals surface area contributed by atoms with Gasteiger partial charge in [-0.05, 0) is 57.5 Å². The van der Waals surface area contributed by atoms with E-state index in [0.717, 1.165) is 5.56 Å². The quantitative estimate of drug-likeness (QED) is 0.717. The molecule has 0 fully saturated rings. The Labute approximate surface area is 141 Å². The number of carbonyl (C=O) groups is 1. The molecule has 0 unspecified atom stereocenters. The molecule has 0 atom stereocenters. The Morgan fingerprint density at radius 2 is 1.65 bits per heavy atom. The molecule has 23 heavy (non-hydrogen) atoms. The average molecular weight is 338 g/mol. The van der Waals surface area contributed by atoms with Crippen LogP contribution in [-0.4, -0.2) is 20.0 Å². The monoisotopic (exact) mass is 337 g/mol. The minimum atomic E-state index is -1.99. The predicted molar refractivity (Wildman–Crippen MR) is 98.9 cm³/mol. The van der Waals surface area contributed by atoms with E-state index in [9.17, 15) is 4.79 Å². The van der Waals surface area contributed by atoms with Crippen molar-refractivity contribution in [2.24, 2.45) is 0 Å². The molecular formula is C18H31NO3Si. The van der Waals surface area contributed by atoms with Crippen LogP contribution in [0.15, 0.2) is 18.2 Å². The lowest BCUT2D eigenvalue weighted by Gasteiger charge is -2.37. The van der Waals surface area contributed by atoms with Gasteiger partial charge < -0.3 is 9.16 Å². The molecule has 0 aliphatic carbocycles. The van der Waals surface area contributed by atoms with Crippen LogP contribution in [0.4, 0.5) is 10.5 Å². The van der Waals surface area contributed by atoms with E-state index >= 15 is 0 Å². The summed E-state index contributed by atoms with van der Waals surface area (Å²) < 4.78 is 11.7. The summed E-state index contributed by atoms with van der Waals surface area (Å²) in [7, 11) is -1.99. The van der Waals surface area contributed by atoms with E-state index in [-0.39, 0.29) is 5.04 Å². The maximum Gasteiger partial charge on any atom is 0.412 e. The van der Waals surface area contributed by atoms with Crippen LogP contribution in [-0.2, 0) is 4.74 Å². The first-order valence-electron chi connectivity index (χ1n) is 8.01. The molecule has 0 aliphatic rings. The Hall–Kier alpha value is -1.49. The van der Waals surface area contributed by atoms with Crippen LogP contribution in [0, 0.1) is 6.92 Å². The molecule has 0 heterocycles. The van der Waals surface area contributed by atoms with Crippen LogP contribution < -0.4 is 9.74 Å². The molecule has 0 bridgehead atoms. The average Bonchev–Trinajstić information content (AvgIpc) is 2.29. The molecule has 0 aromatic heterocycles. The number of aryl methyl sites for hydroxylation is 1. The largest absolute Gasteiger partial charge is 0.542 e. The molecule has 0 spiro atoms. The summed E-state index contributed by atoms with van der Waals surface area (Å²) in [6.07, 6.45) is -0.466. The van der Waals surface area contributed by atoms with Gasteiger partial charge in [0.1, 0.15) is 11.4 Å². The van der Waals surface area contributed by atoms with Gasteiger partial charge in [0.25, 0.3) is 8.32 Å². The third kappa shape index (κ3) is 5.57. The van der Waals surface area contributed by atoms with Gasteiger partial charge in [-0.15, -0.1) is 0 Å². The molecular weight excluding hydrogens is 306 g/mol. The summed E-state index contributed by atoms with van der Waals surface area (Å²) >= 11 is 0. The molecule has 1 amide bonds. The maximum atomic E-state index is 12.1. The van der Waals surface area contributed by atoms with E-state index in [0.29, 0.717) is 11.4 Å². The lowest BCUT2D eigenvalue weighted by Crippen LogP contribution is -2.44. The van der Waals surface area contributed by atoms with Crippen molar-refractivity contribution in [1.29, 1.82) is 0 Å². The van der Waals surface area contributed by atoms with Gasteiger partial charge in [-0.1, -0.05) is 32.9 Å². The van der Waals surface area contributed by atoms with Gasteiger partial charge in [0, 0.05) is 0 Å². The highest BCUT2D eigenvalue weighted by Crippen LogP contribution is 2.40. The van der Waals surface area contributed by atoms with Crippen molar-refractivity contribution in [2.75, 3.05) is 5.32 Å². The van der Waals surface area contributed by atoms with Gasteiger partial charge in [0.15, 0.2) is 0 Å². The second kappa shape index (κ2) is 6.55. The molecule has 0 aliphatic heterocycles. The Morgan fingerprint density at radius 1 is 1.09 bits per heavy atom. The standard InChI is InChI=1S/C18H31NO3Si/c1-13-11-10-12-14(22-23(8,9)18(5,6)7)15(13)19-16(20)21-17(2,3)4/h10-12H,1-9H3,(H,19,20). The predicted octanol–water partition coefficient (Wildman–Crippen LogP) is 5.73. The molecule has 0 saturated carbocycles. The highest BCUT2D eigenvalue weighted by atomic mass is 28.4. The van der Waals surface area contributed by atoms with E-state index < -0.39 is 20.0 Å². The summed E-state index contributed by atoms with van der Waals surface area (Å²) in [6, 6.07) is 5.80. The molecule has 1 N–H and O–H groups in total. The summed E-state index contributed by atoms with van der Waals surface area (Å²) in [4.78, 5) is 12.1. The van der Waals surface area contributed by atoms with Crippen LogP contribution in [0.2, 0.25) is 18.1 Å². The number of anilines is 1. The fourth-order valence-corrected chi connectivity index (χ4v) is 2.75. The van der Waals surface area contributed by atoms with Crippen molar-refractivity contribution < 1.29 is 14.0 Å². The second-order valence-corrected chi connectivity index (χ2v) is 13.2. The van der Waals surface area contributed by atoms with Gasteiger partial charge >= 0.3 is 6.09 Å². The Balaban J connectivity index is 3.08. The molecule has 130 valence electrons. The Bertz CT molecular complexity index is 569. The third-order valence-electron chi connectivity index (χ3n) is 4.03. The van der Waals surface area contributed by atoms with Crippen molar-refractivity contribution in [3.05, 3.63) is 23.8 Å². The number of benzene rings is 1. The normalized spacial score (nSPS) is 12.7. The lowest BCUT2D eigenvalue weighted by atomic mass is 10.2. The number of para-hydroxylation sites is 1. The molecule has 1 aromatic carbocycles. The van der Waals surface area contributed by atoms with Crippen molar-refractivity contribution in [3.63, 3.8) is 0 Å². The fraction of sp³-hybridized carbons (Fsp3) is 0.611. The summed E-state index contributed by atoms with van der Waals surface area (Å²) in [5.74, 6) is 0.711. The zero-order valence-electron chi connectivity index (χ0n) is 16.0. The Morgan fingerprint density at radius 3 is 2.13 bits per heavy atom. The zero-order chi connectivity index (χ0) is 18.1. The third-order valence-corrected chi connectivity index (χ3v) is 8.37. The van der Waals surface area contributed by atoms with Crippen LogP contribution in [0.1, 0.15) is 47.1 Å².